The van der Waals surface area contributed by atoms with Crippen LogP contribution in [0.5, 0.6) is 0 Å². The number of aromatic nitrogens is 2. The summed E-state index contributed by atoms with van der Waals surface area (Å²) in [6.07, 6.45) is 3.06. The third kappa shape index (κ3) is 4.45. The van der Waals surface area contributed by atoms with Gasteiger partial charge in [0.15, 0.2) is 0 Å². The van der Waals surface area contributed by atoms with Gasteiger partial charge in [-0.15, -0.1) is 0 Å². The number of hydrogen-bond donors (Lipinski definition) is 2. The van der Waals surface area contributed by atoms with E-state index in [2.05, 4.69) is 45.7 Å². The van der Waals surface area contributed by atoms with Crippen molar-refractivity contribution >= 4 is 17.4 Å². The molecule has 0 fully saturated rings. The van der Waals surface area contributed by atoms with Crippen molar-refractivity contribution in [1.29, 1.82) is 0 Å². The highest BCUT2D eigenvalue weighted by atomic mass is 16.1. The van der Waals surface area contributed by atoms with Crippen molar-refractivity contribution in [3.8, 4) is 0 Å². The molecule has 0 aliphatic carbocycles. The molecule has 0 saturated carbocycles. The number of nitrogens with one attached hydrogen (secondary N) is 2. The zero-order valence-electron chi connectivity index (χ0n) is 15.2. The van der Waals surface area contributed by atoms with Gasteiger partial charge in [0.1, 0.15) is 11.5 Å². The minimum atomic E-state index is -0.270. The molecule has 0 spiro atoms. The molecule has 5 nitrogen and oxygen atoms in total. The predicted octanol–water partition coefficient (Wildman–Crippen LogP) is 4.27. The van der Waals surface area contributed by atoms with Gasteiger partial charge in [-0.05, 0) is 55.2 Å². The van der Waals surface area contributed by atoms with Gasteiger partial charge < -0.3 is 10.6 Å². The Morgan fingerprint density at radius 2 is 1.69 bits per heavy atom. The van der Waals surface area contributed by atoms with Crippen LogP contribution in [0.25, 0.3) is 0 Å². The number of nitrogens with zero attached hydrogens (tertiary/aromatic N) is 2. The highest BCUT2D eigenvalue weighted by Crippen LogP contribution is 2.15. The second-order valence-corrected chi connectivity index (χ2v) is 6.40. The first-order chi connectivity index (χ1) is 12.5. The van der Waals surface area contributed by atoms with E-state index in [-0.39, 0.29) is 11.6 Å². The number of carbonyl (C=O) groups is 1. The van der Waals surface area contributed by atoms with Crippen molar-refractivity contribution in [3.63, 3.8) is 0 Å². The fourth-order valence-electron chi connectivity index (χ4n) is 2.77. The van der Waals surface area contributed by atoms with Gasteiger partial charge in [-0.3, -0.25) is 4.79 Å². The van der Waals surface area contributed by atoms with Gasteiger partial charge in [0.2, 0.25) is 0 Å². The molecule has 0 aliphatic heterocycles. The van der Waals surface area contributed by atoms with Gasteiger partial charge in [0.25, 0.3) is 5.91 Å². The SMILES string of the molecule is Cc1cc(C)cc(NC(=O)c2cnc(NCc3ccccc3C)cn2)c1. The summed E-state index contributed by atoms with van der Waals surface area (Å²) >= 11 is 0. The molecule has 2 N–H and O–H groups in total. The van der Waals surface area contributed by atoms with Crippen molar-refractivity contribution in [2.24, 2.45) is 0 Å². The van der Waals surface area contributed by atoms with Crippen molar-refractivity contribution in [2.75, 3.05) is 10.6 Å². The van der Waals surface area contributed by atoms with E-state index >= 15 is 0 Å². The van der Waals surface area contributed by atoms with Crippen molar-refractivity contribution < 1.29 is 4.79 Å². The quantitative estimate of drug-likeness (QED) is 0.724. The Morgan fingerprint density at radius 3 is 2.35 bits per heavy atom. The Morgan fingerprint density at radius 1 is 0.962 bits per heavy atom. The lowest BCUT2D eigenvalue weighted by Gasteiger charge is -2.09. The highest BCUT2D eigenvalue weighted by Gasteiger charge is 2.09. The molecule has 0 saturated heterocycles. The maximum atomic E-state index is 12.3. The second-order valence-electron chi connectivity index (χ2n) is 6.40. The molecular weight excluding hydrogens is 324 g/mol. The Hall–Kier alpha value is -3.21. The van der Waals surface area contributed by atoms with E-state index in [1.54, 1.807) is 6.20 Å². The molecule has 1 heterocycles. The van der Waals surface area contributed by atoms with Crippen LogP contribution >= 0.6 is 0 Å². The van der Waals surface area contributed by atoms with Crippen LogP contribution in [0, 0.1) is 20.8 Å². The van der Waals surface area contributed by atoms with Crippen LogP contribution in [0.15, 0.2) is 54.9 Å². The largest absolute Gasteiger partial charge is 0.365 e. The van der Waals surface area contributed by atoms with Gasteiger partial charge in [-0.25, -0.2) is 9.97 Å². The van der Waals surface area contributed by atoms with Gasteiger partial charge >= 0.3 is 0 Å². The maximum Gasteiger partial charge on any atom is 0.275 e. The molecule has 0 atom stereocenters. The van der Waals surface area contributed by atoms with E-state index in [4.69, 9.17) is 0 Å². The first kappa shape index (κ1) is 17.6. The number of rotatable bonds is 5. The average molecular weight is 346 g/mol. The van der Waals surface area contributed by atoms with Crippen LogP contribution in [0.3, 0.4) is 0 Å². The van der Waals surface area contributed by atoms with E-state index in [1.165, 1.54) is 17.3 Å². The number of hydrogen-bond acceptors (Lipinski definition) is 4. The Labute approximate surface area is 153 Å². The summed E-state index contributed by atoms with van der Waals surface area (Å²) in [4.78, 5) is 20.8. The van der Waals surface area contributed by atoms with Crippen LogP contribution in [0.2, 0.25) is 0 Å². The number of amides is 1. The Kier molecular flexibility index (Phi) is 5.27. The van der Waals surface area contributed by atoms with Crippen molar-refractivity contribution in [2.45, 2.75) is 27.3 Å². The summed E-state index contributed by atoms with van der Waals surface area (Å²) in [5, 5.41) is 6.09. The summed E-state index contributed by atoms with van der Waals surface area (Å²) < 4.78 is 0. The van der Waals surface area contributed by atoms with Crippen LogP contribution in [-0.4, -0.2) is 15.9 Å². The molecule has 2 aromatic carbocycles. The van der Waals surface area contributed by atoms with Crippen LogP contribution in [-0.2, 0) is 6.54 Å². The Balaban J connectivity index is 1.63. The number of aryl methyl sites for hydroxylation is 3. The third-order valence-corrected chi connectivity index (χ3v) is 4.09. The topological polar surface area (TPSA) is 66.9 Å². The van der Waals surface area contributed by atoms with E-state index < -0.39 is 0 Å². The summed E-state index contributed by atoms with van der Waals surface area (Å²) in [5.41, 5.74) is 5.66. The molecule has 3 rings (SSSR count). The standard InChI is InChI=1S/C21H22N4O/c1-14-8-15(2)10-18(9-14)25-21(26)19-12-24-20(13-22-19)23-11-17-7-5-4-6-16(17)3/h4-10,12-13H,11H2,1-3H3,(H,23,24)(H,25,26). The first-order valence-corrected chi connectivity index (χ1v) is 8.51. The molecule has 1 aromatic heterocycles. The Bertz CT molecular complexity index is 899. The number of carbonyl (C=O) groups excluding carboxylic acids is 1. The average Bonchev–Trinajstić information content (AvgIpc) is 2.60. The zero-order chi connectivity index (χ0) is 18.5. The molecule has 0 radical (unpaired) electrons. The minimum Gasteiger partial charge on any atom is -0.365 e. The van der Waals surface area contributed by atoms with Crippen molar-refractivity contribution in [3.05, 3.63) is 82.8 Å². The van der Waals surface area contributed by atoms with E-state index in [1.807, 2.05) is 38.1 Å². The number of benzene rings is 2. The van der Waals surface area contributed by atoms with Crippen LogP contribution in [0.1, 0.15) is 32.7 Å². The molecule has 132 valence electrons. The molecule has 5 heteroatoms. The van der Waals surface area contributed by atoms with Gasteiger partial charge in [-0.1, -0.05) is 30.3 Å². The summed E-state index contributed by atoms with van der Waals surface area (Å²) in [5.74, 6) is 0.365. The monoisotopic (exact) mass is 346 g/mol. The van der Waals surface area contributed by atoms with E-state index in [0.29, 0.717) is 12.4 Å². The van der Waals surface area contributed by atoms with Crippen LogP contribution in [0.4, 0.5) is 11.5 Å². The zero-order valence-corrected chi connectivity index (χ0v) is 15.2. The minimum absolute atomic E-state index is 0.270. The molecule has 0 unspecified atom stereocenters. The van der Waals surface area contributed by atoms with Gasteiger partial charge in [0, 0.05) is 12.2 Å². The molecule has 0 aliphatic rings. The summed E-state index contributed by atoms with van der Waals surface area (Å²) in [6, 6.07) is 14.1. The molecule has 3 aromatic rings. The second kappa shape index (κ2) is 7.78. The smallest absolute Gasteiger partial charge is 0.275 e. The van der Waals surface area contributed by atoms with E-state index in [9.17, 15) is 4.79 Å². The van der Waals surface area contributed by atoms with Gasteiger partial charge in [-0.2, -0.15) is 0 Å². The van der Waals surface area contributed by atoms with Gasteiger partial charge in [0.05, 0.1) is 12.4 Å². The molecule has 1 amide bonds. The third-order valence-electron chi connectivity index (χ3n) is 4.09. The molecule has 26 heavy (non-hydrogen) atoms. The lowest BCUT2D eigenvalue weighted by molar-refractivity contribution is 0.102. The maximum absolute atomic E-state index is 12.3. The molecular formula is C21H22N4O. The first-order valence-electron chi connectivity index (χ1n) is 8.51. The normalized spacial score (nSPS) is 10.4. The van der Waals surface area contributed by atoms with Crippen molar-refractivity contribution in [1.82, 2.24) is 9.97 Å². The summed E-state index contributed by atoms with van der Waals surface area (Å²) in [6.45, 7) is 6.73. The lowest BCUT2D eigenvalue weighted by Crippen LogP contribution is -2.14. The van der Waals surface area contributed by atoms with Crippen LogP contribution < -0.4 is 10.6 Å². The fourth-order valence-corrected chi connectivity index (χ4v) is 2.77. The molecule has 0 bridgehead atoms. The number of anilines is 2. The predicted molar refractivity (Wildman–Crippen MR) is 104 cm³/mol. The fraction of sp³-hybridized carbons (Fsp3) is 0.190. The lowest BCUT2D eigenvalue weighted by atomic mass is 10.1. The summed E-state index contributed by atoms with van der Waals surface area (Å²) in [7, 11) is 0. The van der Waals surface area contributed by atoms with E-state index in [0.717, 1.165) is 16.8 Å². The highest BCUT2D eigenvalue weighted by molar-refractivity contribution is 6.02.